The van der Waals surface area contributed by atoms with Gasteiger partial charge in [-0.15, -0.1) is 10.2 Å². The first kappa shape index (κ1) is 17.8. The monoisotopic (exact) mass is 378 g/mol. The molecule has 2 aromatic heterocycles. The molecule has 0 bridgehead atoms. The Kier molecular flexibility index (Phi) is 4.85. The average Bonchev–Trinajstić information content (AvgIpc) is 3.07. The van der Waals surface area contributed by atoms with Crippen molar-refractivity contribution in [2.75, 3.05) is 17.5 Å². The van der Waals surface area contributed by atoms with Crippen LogP contribution in [0.2, 0.25) is 0 Å². The van der Waals surface area contributed by atoms with Gasteiger partial charge in [-0.2, -0.15) is 0 Å². The Balaban J connectivity index is 2.07. The van der Waals surface area contributed by atoms with Crippen LogP contribution in [-0.4, -0.2) is 42.1 Å². The number of rotatable bonds is 6. The van der Waals surface area contributed by atoms with E-state index in [0.29, 0.717) is 5.65 Å². The Bertz CT molecular complexity index is 1050. The highest BCUT2D eigenvalue weighted by molar-refractivity contribution is 7.92. The molecule has 0 fully saturated rings. The zero-order chi connectivity index (χ0) is 18.7. The second-order valence-electron chi connectivity index (χ2n) is 5.26. The second-order valence-corrected chi connectivity index (χ2v) is 7.12. The Morgan fingerprint density at radius 1 is 1.31 bits per heavy atom. The number of ether oxygens (including phenoxy) is 1. The Hall–Kier alpha value is -3.01. The summed E-state index contributed by atoms with van der Waals surface area (Å²) >= 11 is 0. The maximum atomic E-state index is 13.6. The van der Waals surface area contributed by atoms with Crippen LogP contribution >= 0.6 is 0 Å². The number of nitrogens with zero attached hydrogens (tertiary/aromatic N) is 4. The summed E-state index contributed by atoms with van der Waals surface area (Å²) in [6.07, 6.45) is 2.67. The molecule has 0 spiro atoms. The van der Waals surface area contributed by atoms with Gasteiger partial charge >= 0.3 is 5.97 Å². The zero-order valence-corrected chi connectivity index (χ0v) is 14.6. The summed E-state index contributed by atoms with van der Waals surface area (Å²) in [6, 6.07) is 7.80. The first-order valence-corrected chi connectivity index (χ1v) is 9.09. The minimum Gasteiger partial charge on any atom is -0.465 e. The topological polar surface area (TPSA) is 93.9 Å². The maximum Gasteiger partial charge on any atom is 0.326 e. The number of benzene rings is 1. The maximum absolute atomic E-state index is 13.6. The van der Waals surface area contributed by atoms with E-state index < -0.39 is 28.4 Å². The van der Waals surface area contributed by atoms with E-state index in [2.05, 4.69) is 10.2 Å². The second kappa shape index (κ2) is 7.08. The van der Waals surface area contributed by atoms with Crippen LogP contribution in [0.15, 0.2) is 53.8 Å². The fourth-order valence-electron chi connectivity index (χ4n) is 2.36. The smallest absolute Gasteiger partial charge is 0.326 e. The van der Waals surface area contributed by atoms with E-state index in [9.17, 15) is 17.6 Å². The van der Waals surface area contributed by atoms with Crippen molar-refractivity contribution in [1.82, 2.24) is 14.6 Å². The number of hydrogen-bond donors (Lipinski definition) is 0. The van der Waals surface area contributed by atoms with Crippen molar-refractivity contribution in [1.29, 1.82) is 0 Å². The van der Waals surface area contributed by atoms with Crippen LogP contribution in [0.25, 0.3) is 5.65 Å². The van der Waals surface area contributed by atoms with Gasteiger partial charge in [0.15, 0.2) is 5.65 Å². The summed E-state index contributed by atoms with van der Waals surface area (Å²) in [5.74, 6) is -1.37. The van der Waals surface area contributed by atoms with Gasteiger partial charge in [-0.3, -0.25) is 13.5 Å². The zero-order valence-electron chi connectivity index (χ0n) is 13.7. The number of anilines is 1. The normalized spacial score (nSPS) is 11.5. The van der Waals surface area contributed by atoms with E-state index in [-0.39, 0.29) is 17.2 Å². The van der Waals surface area contributed by atoms with Crippen LogP contribution in [0.4, 0.5) is 10.1 Å². The molecule has 2 heterocycles. The lowest BCUT2D eigenvalue weighted by Gasteiger charge is -2.23. The molecule has 10 heteroatoms. The van der Waals surface area contributed by atoms with Crippen molar-refractivity contribution in [3.63, 3.8) is 0 Å². The van der Waals surface area contributed by atoms with Crippen LogP contribution in [0.1, 0.15) is 6.92 Å². The largest absolute Gasteiger partial charge is 0.465 e. The molecular formula is C16H15FN4O4S. The molecule has 0 aliphatic rings. The standard InChI is InChI=1S/C16H15FN4O4S/c1-2-25-16(22)10-21(13-5-3-4-12(17)8-13)26(23,24)14-6-7-15-19-18-11-20(15)9-14/h3-9,11H,2,10H2,1H3. The number of carbonyl (C=O) groups is 1. The predicted molar refractivity (Wildman–Crippen MR) is 90.6 cm³/mol. The van der Waals surface area contributed by atoms with Gasteiger partial charge in [-0.25, -0.2) is 12.8 Å². The summed E-state index contributed by atoms with van der Waals surface area (Å²) in [4.78, 5) is 11.8. The predicted octanol–water partition coefficient (Wildman–Crippen LogP) is 1.63. The lowest BCUT2D eigenvalue weighted by atomic mass is 10.3. The van der Waals surface area contributed by atoms with Crippen molar-refractivity contribution in [2.24, 2.45) is 0 Å². The van der Waals surface area contributed by atoms with E-state index in [0.717, 1.165) is 10.4 Å². The van der Waals surface area contributed by atoms with E-state index in [1.165, 1.54) is 47.3 Å². The number of esters is 1. The lowest BCUT2D eigenvalue weighted by molar-refractivity contribution is -0.141. The van der Waals surface area contributed by atoms with E-state index in [1.54, 1.807) is 6.92 Å². The molecule has 0 atom stereocenters. The first-order valence-electron chi connectivity index (χ1n) is 7.65. The number of carbonyl (C=O) groups excluding carboxylic acids is 1. The number of aromatic nitrogens is 3. The molecule has 0 aliphatic heterocycles. The van der Waals surface area contributed by atoms with Gasteiger partial charge in [0.1, 0.15) is 23.6 Å². The molecule has 0 saturated carbocycles. The Morgan fingerprint density at radius 2 is 2.12 bits per heavy atom. The van der Waals surface area contributed by atoms with Crippen molar-refractivity contribution >= 4 is 27.3 Å². The summed E-state index contributed by atoms with van der Waals surface area (Å²) in [5, 5.41) is 7.50. The van der Waals surface area contributed by atoms with Gasteiger partial charge < -0.3 is 4.74 Å². The van der Waals surface area contributed by atoms with E-state index in [1.807, 2.05) is 0 Å². The summed E-state index contributed by atoms with van der Waals surface area (Å²) in [7, 11) is -4.16. The minimum atomic E-state index is -4.16. The highest BCUT2D eigenvalue weighted by Crippen LogP contribution is 2.24. The summed E-state index contributed by atoms with van der Waals surface area (Å²) < 4.78 is 46.9. The van der Waals surface area contributed by atoms with Gasteiger partial charge in [0.25, 0.3) is 10.0 Å². The van der Waals surface area contributed by atoms with E-state index in [4.69, 9.17) is 4.74 Å². The molecule has 26 heavy (non-hydrogen) atoms. The number of pyridine rings is 1. The molecule has 3 rings (SSSR count). The highest BCUT2D eigenvalue weighted by atomic mass is 32.2. The third-order valence-electron chi connectivity index (χ3n) is 3.53. The highest BCUT2D eigenvalue weighted by Gasteiger charge is 2.28. The molecule has 0 amide bonds. The molecule has 0 N–H and O–H groups in total. The molecule has 3 aromatic rings. The fourth-order valence-corrected chi connectivity index (χ4v) is 3.76. The number of fused-ring (bicyclic) bond motifs is 1. The molecule has 8 nitrogen and oxygen atoms in total. The molecule has 1 aromatic carbocycles. The van der Waals surface area contributed by atoms with E-state index >= 15 is 0 Å². The van der Waals surface area contributed by atoms with Crippen LogP contribution in [0.3, 0.4) is 0 Å². The number of halogens is 1. The number of sulfonamides is 1. The van der Waals surface area contributed by atoms with Gasteiger partial charge in [-0.1, -0.05) is 6.07 Å². The van der Waals surface area contributed by atoms with Gasteiger partial charge in [0.05, 0.1) is 12.3 Å². The lowest BCUT2D eigenvalue weighted by Crippen LogP contribution is -2.36. The van der Waals surface area contributed by atoms with Crippen LogP contribution in [0.5, 0.6) is 0 Å². The molecule has 0 saturated heterocycles. The van der Waals surface area contributed by atoms with Crippen molar-refractivity contribution in [3.8, 4) is 0 Å². The molecule has 0 aliphatic carbocycles. The summed E-state index contributed by atoms with van der Waals surface area (Å²) in [6.45, 7) is 1.13. The molecule has 0 radical (unpaired) electrons. The fraction of sp³-hybridized carbons (Fsp3) is 0.188. The molecule has 136 valence electrons. The van der Waals surface area contributed by atoms with Gasteiger partial charge in [-0.05, 0) is 37.3 Å². The molecule has 0 unspecified atom stereocenters. The van der Waals surface area contributed by atoms with Gasteiger partial charge in [0, 0.05) is 6.20 Å². The third kappa shape index (κ3) is 3.49. The van der Waals surface area contributed by atoms with Crippen LogP contribution < -0.4 is 4.31 Å². The average molecular weight is 378 g/mol. The summed E-state index contributed by atoms with van der Waals surface area (Å²) in [5.41, 5.74) is 0.480. The van der Waals surface area contributed by atoms with Gasteiger partial charge in [0.2, 0.25) is 0 Å². The van der Waals surface area contributed by atoms with Crippen LogP contribution in [-0.2, 0) is 19.6 Å². The SMILES string of the molecule is CCOC(=O)CN(c1cccc(F)c1)S(=O)(=O)c1ccc2nncn2c1. The number of hydrogen-bond acceptors (Lipinski definition) is 6. The van der Waals surface area contributed by atoms with Crippen molar-refractivity contribution in [2.45, 2.75) is 11.8 Å². The Labute approximate surface area is 148 Å². The third-order valence-corrected chi connectivity index (χ3v) is 5.28. The Morgan fingerprint density at radius 3 is 2.85 bits per heavy atom. The van der Waals surface area contributed by atoms with Crippen molar-refractivity contribution in [3.05, 3.63) is 54.7 Å². The van der Waals surface area contributed by atoms with Crippen molar-refractivity contribution < 1.29 is 22.3 Å². The minimum absolute atomic E-state index is 0.0157. The van der Waals surface area contributed by atoms with Crippen LogP contribution in [0, 0.1) is 5.82 Å². The first-order chi connectivity index (χ1) is 12.4. The molecular weight excluding hydrogens is 363 g/mol. The quantitative estimate of drug-likeness (QED) is 0.605.